The molecule has 0 aliphatic heterocycles. The van der Waals surface area contributed by atoms with Gasteiger partial charge in [-0.25, -0.2) is 26.3 Å². The second-order valence-corrected chi connectivity index (χ2v) is 18.9. The minimum Gasteiger partial charge on any atom is -0.350 e. The van der Waals surface area contributed by atoms with Gasteiger partial charge in [0.2, 0.25) is 0 Å². The van der Waals surface area contributed by atoms with E-state index >= 15 is 0 Å². The predicted octanol–water partition coefficient (Wildman–Crippen LogP) is 22.6. The minimum atomic E-state index is -0.142. The zero-order valence-corrected chi connectivity index (χ0v) is 54.6. The van der Waals surface area contributed by atoms with Gasteiger partial charge in [0, 0.05) is 93.2 Å². The molecule has 0 aliphatic rings. The van der Waals surface area contributed by atoms with Crippen molar-refractivity contribution in [3.63, 3.8) is 0 Å². The van der Waals surface area contributed by atoms with E-state index < -0.39 is 0 Å². The second kappa shape index (κ2) is 36.9. The van der Waals surface area contributed by atoms with E-state index in [2.05, 4.69) is 0 Å². The quantitative estimate of drug-likeness (QED) is 0.135. The smallest absolute Gasteiger partial charge is 0.147 e. The first-order valence-electron chi connectivity index (χ1n) is 28.9. The summed E-state index contributed by atoms with van der Waals surface area (Å²) in [5.41, 5.74) is 9.66. The van der Waals surface area contributed by atoms with E-state index in [0.717, 1.165) is 65.2 Å². The van der Waals surface area contributed by atoms with Gasteiger partial charge < -0.3 is 22.8 Å². The molecule has 12 rings (SSSR count). The third kappa shape index (κ3) is 19.3. The van der Waals surface area contributed by atoms with Crippen LogP contribution in [0.1, 0.15) is 116 Å². The van der Waals surface area contributed by atoms with E-state index in [0.29, 0.717) is 32.8 Å². The van der Waals surface area contributed by atoms with E-state index in [-0.39, 0.29) is 34.9 Å². The Morgan fingerprint density at radius 2 is 0.771 bits per heavy atom. The van der Waals surface area contributed by atoms with E-state index in [1.165, 1.54) is 17.4 Å². The van der Waals surface area contributed by atoms with E-state index in [1.54, 1.807) is 73.9 Å². The summed E-state index contributed by atoms with van der Waals surface area (Å²) in [6, 6.07) is 32.6. The summed E-state index contributed by atoms with van der Waals surface area (Å²) in [5.74, 6) is -0.728. The van der Waals surface area contributed by atoms with Crippen LogP contribution in [-0.4, -0.2) is 22.8 Å². The van der Waals surface area contributed by atoms with Gasteiger partial charge in [-0.1, -0.05) is 107 Å². The zero-order valence-electron chi connectivity index (χ0n) is 53.8. The molecule has 0 unspecified atom stereocenters. The number of halogens is 6. The van der Waals surface area contributed by atoms with Crippen molar-refractivity contribution in [2.24, 2.45) is 35.2 Å². The molecule has 0 amide bonds. The van der Waals surface area contributed by atoms with Crippen LogP contribution in [0, 0.1) is 76.4 Å². The third-order valence-electron chi connectivity index (χ3n) is 12.5. The van der Waals surface area contributed by atoms with Gasteiger partial charge in [-0.2, -0.15) is 0 Å². The van der Waals surface area contributed by atoms with Crippen molar-refractivity contribution >= 4 is 75.9 Å². The molecule has 0 N–H and O–H groups in total. The fourth-order valence-electron chi connectivity index (χ4n) is 8.49. The number of fused-ring (bicyclic) bond motifs is 6. The molecule has 0 fully saturated rings. The summed E-state index contributed by atoms with van der Waals surface area (Å²) in [7, 11) is 9.52. The molecule has 0 atom stereocenters. The molecule has 12 heteroatoms. The van der Waals surface area contributed by atoms with Crippen molar-refractivity contribution < 1.29 is 26.3 Å². The van der Waals surface area contributed by atoms with Gasteiger partial charge in [-0.3, -0.25) is 0 Å². The number of aromatic nitrogens is 5. The number of benzene rings is 6. The van der Waals surface area contributed by atoms with Crippen LogP contribution in [0.3, 0.4) is 0 Å². The van der Waals surface area contributed by atoms with Crippen molar-refractivity contribution in [1.29, 1.82) is 0 Å². The lowest BCUT2D eigenvalue weighted by molar-refractivity contribution is 0.619. The Bertz CT molecular complexity index is 3820. The highest BCUT2D eigenvalue weighted by Crippen LogP contribution is 2.27. The second-order valence-electron chi connectivity index (χ2n) is 17.9. The fraction of sp³-hybridized carbons (Fsp3) is 0.324. The largest absolute Gasteiger partial charge is 0.350 e. The molecular formula is C71H93F6N5S. The van der Waals surface area contributed by atoms with Crippen LogP contribution in [0.25, 0.3) is 64.6 Å². The van der Waals surface area contributed by atoms with Gasteiger partial charge in [0.1, 0.15) is 34.9 Å². The highest BCUT2D eigenvalue weighted by atomic mass is 32.1. The van der Waals surface area contributed by atoms with Crippen molar-refractivity contribution in [2.45, 2.75) is 125 Å². The molecule has 0 aliphatic carbocycles. The molecule has 0 spiro atoms. The molecule has 0 saturated carbocycles. The topological polar surface area (TPSA) is 24.6 Å². The van der Waals surface area contributed by atoms with Crippen molar-refractivity contribution in [1.82, 2.24) is 22.8 Å². The summed E-state index contributed by atoms with van der Waals surface area (Å²) in [5, 5.41) is 7.08. The normalized spacial score (nSPS) is 9.75. The van der Waals surface area contributed by atoms with Gasteiger partial charge in [-0.15, -0.1) is 11.3 Å². The van der Waals surface area contributed by atoms with Crippen LogP contribution in [0.5, 0.6) is 0 Å². The number of nitrogens with zero attached hydrogens (tertiary/aromatic N) is 5. The Kier molecular flexibility index (Phi) is 32.7. The van der Waals surface area contributed by atoms with Crippen LogP contribution in [0.15, 0.2) is 146 Å². The molecule has 5 nitrogen and oxygen atoms in total. The molecule has 0 saturated heterocycles. The molecular weight excluding hydrogens is 1070 g/mol. The third-order valence-corrected chi connectivity index (χ3v) is 13.4. The predicted molar refractivity (Wildman–Crippen MR) is 353 cm³/mol. The monoisotopic (exact) mass is 1160 g/mol. The average molecular weight is 1160 g/mol. The maximum atomic E-state index is 13.4. The van der Waals surface area contributed by atoms with Gasteiger partial charge in [0.05, 0.1) is 32.3 Å². The maximum Gasteiger partial charge on any atom is 0.147 e. The Morgan fingerprint density at radius 3 is 1.40 bits per heavy atom. The van der Waals surface area contributed by atoms with Crippen LogP contribution < -0.4 is 0 Å². The Balaban J connectivity index is 0.000000480. The lowest BCUT2D eigenvalue weighted by Crippen LogP contribution is -1.88. The number of hydrogen-bond acceptors (Lipinski definition) is 1. The van der Waals surface area contributed by atoms with Gasteiger partial charge in [0.25, 0.3) is 0 Å². The molecule has 6 aromatic carbocycles. The van der Waals surface area contributed by atoms with Crippen molar-refractivity contribution in [2.75, 3.05) is 0 Å². The highest BCUT2D eigenvalue weighted by Gasteiger charge is 2.09. The zero-order chi connectivity index (χ0) is 63.4. The van der Waals surface area contributed by atoms with Crippen LogP contribution >= 0.6 is 11.3 Å². The summed E-state index contributed by atoms with van der Waals surface area (Å²) < 4.78 is 89.7. The van der Waals surface area contributed by atoms with Gasteiger partial charge >= 0.3 is 0 Å². The Labute approximate surface area is 496 Å². The van der Waals surface area contributed by atoms with Crippen LogP contribution in [-0.2, 0) is 35.2 Å². The molecule has 6 heterocycles. The first-order valence-corrected chi connectivity index (χ1v) is 29.8. The lowest BCUT2D eigenvalue weighted by atomic mass is 10.1. The minimum absolute atomic E-state index is 0.0718. The SMILES string of the molecule is CC.CC.CC.CC.CC.CC.Cc1cc(F)c2c(ccn2C)c1.Cc1cc(F)c2ccn(C)c2c1.Cc1cc2ccn(C)c2cc1F.Cc1ccc(F)c2ccn(C)c12.Cc1ccc2c(ccn2C)c1F.Cc1ccc2ccsc2c1F. The molecule has 0 bridgehead atoms. The van der Waals surface area contributed by atoms with Gasteiger partial charge in [0.15, 0.2) is 0 Å². The van der Waals surface area contributed by atoms with E-state index in [1.807, 2.05) is 248 Å². The summed E-state index contributed by atoms with van der Waals surface area (Å²) in [4.78, 5) is 0. The van der Waals surface area contributed by atoms with Gasteiger partial charge in [-0.05, 0) is 171 Å². The summed E-state index contributed by atoms with van der Waals surface area (Å²) >= 11 is 1.45. The molecule has 450 valence electrons. The van der Waals surface area contributed by atoms with E-state index in [4.69, 9.17) is 0 Å². The van der Waals surface area contributed by atoms with Crippen LogP contribution in [0.4, 0.5) is 26.3 Å². The lowest BCUT2D eigenvalue weighted by Gasteiger charge is -2.00. The average Bonchev–Trinajstić information content (AvgIpc) is 4.48. The molecule has 0 radical (unpaired) electrons. The number of thiophene rings is 1. The first-order chi connectivity index (χ1) is 39.7. The van der Waals surface area contributed by atoms with Crippen molar-refractivity contribution in [3.05, 3.63) is 214 Å². The highest BCUT2D eigenvalue weighted by molar-refractivity contribution is 7.17. The van der Waals surface area contributed by atoms with Crippen LogP contribution in [0.2, 0.25) is 0 Å². The summed E-state index contributed by atoms with van der Waals surface area (Å²) in [6.07, 6.45) is 9.41. The number of rotatable bonds is 0. The fourth-order valence-corrected chi connectivity index (χ4v) is 9.38. The van der Waals surface area contributed by atoms with Crippen molar-refractivity contribution in [3.8, 4) is 0 Å². The number of hydrogen-bond donors (Lipinski definition) is 0. The molecule has 6 aromatic heterocycles. The first kappa shape index (κ1) is 73.6. The summed E-state index contributed by atoms with van der Waals surface area (Å²) in [6.45, 7) is 35.1. The molecule has 12 aromatic rings. The van der Waals surface area contributed by atoms with E-state index in [9.17, 15) is 26.3 Å². The maximum absolute atomic E-state index is 13.4. The molecule has 83 heavy (non-hydrogen) atoms. The number of aryl methyl sites for hydroxylation is 11. The Hall–Kier alpha value is -7.44. The Morgan fingerprint density at radius 1 is 0.301 bits per heavy atom. The standard InChI is InChI=1S/5C10H10FN.C9H7FS.6C2H6/c1-7-5-8-3-4-12(2)10(8)6-9(7)11;1-7-5-9(11)8-3-4-12(2)10(8)6-7;1-7-5-8-3-4-12(2)10(8)9(11)6-7;1-7-3-4-9-8(10(7)11)5-6-12(9)2;1-7-3-4-9(11)8-5-6-12(2)10(7)8;1-6-2-3-7-4-5-11-9(7)8(6)10;6*1-2/h5*3-6H,1-2H3;2-5H,1H3;6*1-2H3.